The van der Waals surface area contributed by atoms with Crippen LogP contribution in [-0.4, -0.2) is 37.0 Å². The Balaban J connectivity index is 2.45. The summed E-state index contributed by atoms with van der Waals surface area (Å²) < 4.78 is 0. The van der Waals surface area contributed by atoms with Crippen molar-refractivity contribution in [2.45, 2.75) is 46.6 Å². The molecule has 94 valence electrons. The summed E-state index contributed by atoms with van der Waals surface area (Å²) in [6.45, 7) is 10.3. The van der Waals surface area contributed by atoms with Crippen LogP contribution in [-0.2, 0) is 4.79 Å². The molecule has 2 unspecified atom stereocenters. The van der Waals surface area contributed by atoms with Crippen LogP contribution >= 0.6 is 0 Å². The summed E-state index contributed by atoms with van der Waals surface area (Å²) in [5.74, 6) is 0.484. The van der Waals surface area contributed by atoms with Gasteiger partial charge in [0, 0.05) is 26.2 Å². The maximum Gasteiger partial charge on any atom is 0.226 e. The van der Waals surface area contributed by atoms with E-state index >= 15 is 0 Å². The van der Waals surface area contributed by atoms with E-state index in [4.69, 9.17) is 0 Å². The van der Waals surface area contributed by atoms with Gasteiger partial charge in [-0.05, 0) is 25.2 Å². The molecule has 1 fully saturated rings. The smallest absolute Gasteiger partial charge is 0.226 e. The second kappa shape index (κ2) is 5.17. The van der Waals surface area contributed by atoms with Crippen LogP contribution < -0.4 is 5.32 Å². The zero-order valence-corrected chi connectivity index (χ0v) is 11.3. The van der Waals surface area contributed by atoms with Crippen molar-refractivity contribution >= 4 is 5.91 Å². The molecule has 16 heavy (non-hydrogen) atoms. The molecule has 0 aromatic heterocycles. The highest BCUT2D eigenvalue weighted by Gasteiger charge is 2.27. The highest BCUT2D eigenvalue weighted by Crippen LogP contribution is 2.19. The summed E-state index contributed by atoms with van der Waals surface area (Å²) >= 11 is 0. The lowest BCUT2D eigenvalue weighted by molar-refractivity contribution is -0.136. The third-order valence-corrected chi connectivity index (χ3v) is 3.10. The standard InChI is InChI=1S/C13H26N2O/c1-10-6-7-11(8-14-10)12(16)15(5)9-13(2,3)4/h10-11,14H,6-9H2,1-5H3. The molecule has 3 heteroatoms. The number of nitrogens with one attached hydrogen (secondary N) is 1. The Morgan fingerprint density at radius 3 is 2.44 bits per heavy atom. The average molecular weight is 226 g/mol. The molecule has 1 aliphatic heterocycles. The van der Waals surface area contributed by atoms with Crippen molar-refractivity contribution < 1.29 is 4.79 Å². The Labute approximate surface area is 99.6 Å². The summed E-state index contributed by atoms with van der Waals surface area (Å²) in [5.41, 5.74) is 0.180. The van der Waals surface area contributed by atoms with Gasteiger partial charge in [-0.2, -0.15) is 0 Å². The first-order valence-electron chi connectivity index (χ1n) is 6.28. The Hall–Kier alpha value is -0.570. The number of piperidine rings is 1. The Bertz CT molecular complexity index is 237. The molecule has 0 bridgehead atoms. The molecule has 1 aliphatic rings. The van der Waals surface area contributed by atoms with Gasteiger partial charge in [-0.25, -0.2) is 0 Å². The minimum Gasteiger partial charge on any atom is -0.345 e. The number of hydrogen-bond donors (Lipinski definition) is 1. The topological polar surface area (TPSA) is 32.3 Å². The van der Waals surface area contributed by atoms with Gasteiger partial charge in [0.05, 0.1) is 5.92 Å². The Kier molecular flexibility index (Phi) is 4.36. The molecule has 1 amide bonds. The molecule has 0 spiro atoms. The van der Waals surface area contributed by atoms with E-state index in [1.54, 1.807) is 0 Å². The molecular formula is C13H26N2O. The summed E-state index contributed by atoms with van der Waals surface area (Å²) in [6, 6.07) is 0.567. The highest BCUT2D eigenvalue weighted by atomic mass is 16.2. The van der Waals surface area contributed by atoms with E-state index in [0.717, 1.165) is 25.9 Å². The van der Waals surface area contributed by atoms with Crippen molar-refractivity contribution in [3.63, 3.8) is 0 Å². The van der Waals surface area contributed by atoms with Crippen molar-refractivity contribution in [1.82, 2.24) is 10.2 Å². The van der Waals surface area contributed by atoms with Gasteiger partial charge >= 0.3 is 0 Å². The number of nitrogens with zero attached hydrogens (tertiary/aromatic N) is 1. The van der Waals surface area contributed by atoms with Crippen molar-refractivity contribution in [3.8, 4) is 0 Å². The zero-order chi connectivity index (χ0) is 12.3. The fourth-order valence-electron chi connectivity index (χ4n) is 2.31. The van der Waals surface area contributed by atoms with Crippen molar-refractivity contribution in [2.24, 2.45) is 11.3 Å². The Morgan fingerprint density at radius 1 is 1.38 bits per heavy atom. The van der Waals surface area contributed by atoms with Crippen LogP contribution in [0.2, 0.25) is 0 Å². The summed E-state index contributed by atoms with van der Waals surface area (Å²) in [7, 11) is 1.92. The van der Waals surface area contributed by atoms with Crippen LogP contribution in [0.3, 0.4) is 0 Å². The molecule has 0 aromatic carbocycles. The van der Waals surface area contributed by atoms with Crippen molar-refractivity contribution in [2.75, 3.05) is 20.1 Å². The predicted molar refractivity (Wildman–Crippen MR) is 67.3 cm³/mol. The molecular weight excluding hydrogens is 200 g/mol. The molecule has 0 aliphatic carbocycles. The minimum absolute atomic E-state index is 0.180. The number of carbonyl (C=O) groups is 1. The van der Waals surface area contributed by atoms with Crippen molar-refractivity contribution in [3.05, 3.63) is 0 Å². The first kappa shape index (κ1) is 13.5. The molecule has 0 aromatic rings. The van der Waals surface area contributed by atoms with Crippen LogP contribution in [0.1, 0.15) is 40.5 Å². The van der Waals surface area contributed by atoms with Gasteiger partial charge < -0.3 is 10.2 Å². The molecule has 1 N–H and O–H groups in total. The van der Waals surface area contributed by atoms with Crippen LogP contribution in [0.25, 0.3) is 0 Å². The molecule has 1 heterocycles. The lowest BCUT2D eigenvalue weighted by Crippen LogP contribution is -2.46. The minimum atomic E-state index is 0.180. The van der Waals surface area contributed by atoms with E-state index in [-0.39, 0.29) is 11.3 Å². The second-order valence-electron chi connectivity index (χ2n) is 6.34. The van der Waals surface area contributed by atoms with Gasteiger partial charge in [-0.1, -0.05) is 20.8 Å². The monoisotopic (exact) mass is 226 g/mol. The first-order valence-corrected chi connectivity index (χ1v) is 6.28. The number of hydrogen-bond acceptors (Lipinski definition) is 2. The van der Waals surface area contributed by atoms with E-state index in [2.05, 4.69) is 33.0 Å². The first-order chi connectivity index (χ1) is 7.29. The van der Waals surface area contributed by atoms with E-state index in [0.29, 0.717) is 11.9 Å². The number of amides is 1. The van der Waals surface area contributed by atoms with Gasteiger partial charge in [0.25, 0.3) is 0 Å². The molecule has 0 radical (unpaired) electrons. The fourth-order valence-corrected chi connectivity index (χ4v) is 2.31. The molecule has 3 nitrogen and oxygen atoms in total. The Morgan fingerprint density at radius 2 is 2.00 bits per heavy atom. The van der Waals surface area contributed by atoms with Crippen LogP contribution in [0.15, 0.2) is 0 Å². The average Bonchev–Trinajstić information content (AvgIpc) is 2.15. The fraction of sp³-hybridized carbons (Fsp3) is 0.923. The van der Waals surface area contributed by atoms with Gasteiger partial charge in [0.15, 0.2) is 0 Å². The predicted octanol–water partition coefficient (Wildman–Crippen LogP) is 1.88. The quantitative estimate of drug-likeness (QED) is 0.779. The van der Waals surface area contributed by atoms with E-state index in [9.17, 15) is 4.79 Å². The van der Waals surface area contributed by atoms with Gasteiger partial charge in [0.1, 0.15) is 0 Å². The highest BCUT2D eigenvalue weighted by molar-refractivity contribution is 5.79. The van der Waals surface area contributed by atoms with Gasteiger partial charge in [-0.3, -0.25) is 4.79 Å². The van der Waals surface area contributed by atoms with Crippen molar-refractivity contribution in [1.29, 1.82) is 0 Å². The maximum atomic E-state index is 12.2. The van der Waals surface area contributed by atoms with E-state index < -0.39 is 0 Å². The maximum absolute atomic E-state index is 12.2. The summed E-state index contributed by atoms with van der Waals surface area (Å²) in [5, 5.41) is 3.38. The third-order valence-electron chi connectivity index (χ3n) is 3.10. The summed E-state index contributed by atoms with van der Waals surface area (Å²) in [4.78, 5) is 14.1. The van der Waals surface area contributed by atoms with E-state index in [1.165, 1.54) is 0 Å². The third kappa shape index (κ3) is 4.12. The SMILES string of the molecule is CC1CCC(C(=O)N(C)CC(C)(C)C)CN1. The van der Waals surface area contributed by atoms with Gasteiger partial charge in [0.2, 0.25) is 5.91 Å². The van der Waals surface area contributed by atoms with Gasteiger partial charge in [-0.15, -0.1) is 0 Å². The largest absolute Gasteiger partial charge is 0.345 e. The lowest BCUT2D eigenvalue weighted by Gasteiger charge is -2.33. The van der Waals surface area contributed by atoms with Crippen LogP contribution in [0.4, 0.5) is 0 Å². The second-order valence-corrected chi connectivity index (χ2v) is 6.34. The normalized spacial score (nSPS) is 26.6. The lowest BCUT2D eigenvalue weighted by atomic mass is 9.92. The molecule has 2 atom stereocenters. The summed E-state index contributed by atoms with van der Waals surface area (Å²) in [6.07, 6.45) is 2.14. The van der Waals surface area contributed by atoms with Crippen LogP contribution in [0, 0.1) is 11.3 Å². The number of carbonyl (C=O) groups excluding carboxylic acids is 1. The van der Waals surface area contributed by atoms with Crippen LogP contribution in [0.5, 0.6) is 0 Å². The van der Waals surface area contributed by atoms with E-state index in [1.807, 2.05) is 11.9 Å². The zero-order valence-electron chi connectivity index (χ0n) is 11.3. The molecule has 1 saturated heterocycles. The molecule has 0 saturated carbocycles. The molecule has 1 rings (SSSR count). The number of rotatable bonds is 2.